The molecule has 2 heterocycles. The minimum atomic E-state index is -0.136. The van der Waals surface area contributed by atoms with Crippen LogP contribution in [0.3, 0.4) is 0 Å². The van der Waals surface area contributed by atoms with Gasteiger partial charge in [0.25, 0.3) is 0 Å². The van der Waals surface area contributed by atoms with Crippen LogP contribution in [-0.2, 0) is 13.6 Å². The van der Waals surface area contributed by atoms with Crippen LogP contribution in [-0.4, -0.2) is 25.1 Å². The van der Waals surface area contributed by atoms with Gasteiger partial charge in [-0.05, 0) is 13.0 Å². The van der Waals surface area contributed by atoms with Crippen LogP contribution in [0.2, 0.25) is 0 Å². The van der Waals surface area contributed by atoms with Gasteiger partial charge >= 0.3 is 0 Å². The van der Waals surface area contributed by atoms with Gasteiger partial charge in [0.1, 0.15) is 5.69 Å². The van der Waals surface area contributed by atoms with Crippen molar-refractivity contribution in [2.75, 3.05) is 0 Å². The maximum absolute atomic E-state index is 12.6. The number of aryl methyl sites for hydroxylation is 2. The zero-order valence-electron chi connectivity index (χ0n) is 10.9. The first-order valence-electron chi connectivity index (χ1n) is 6.20. The molecule has 0 fully saturated rings. The smallest absolute Gasteiger partial charge is 0.249 e. The number of aromatic nitrogens is 4. The average Bonchev–Trinajstić information content (AvgIpc) is 3.03. The zero-order valence-corrected chi connectivity index (χ0v) is 10.9. The molecule has 1 aromatic carbocycles. The summed E-state index contributed by atoms with van der Waals surface area (Å²) in [6.07, 6.45) is 3.44. The van der Waals surface area contributed by atoms with E-state index in [1.54, 1.807) is 17.1 Å². The molecular formula is C14H14N4O. The zero-order chi connectivity index (χ0) is 13.4. The molecule has 0 spiro atoms. The highest BCUT2D eigenvalue weighted by Gasteiger charge is 2.20. The molecule has 0 bridgehead atoms. The normalized spacial score (nSPS) is 11.1. The highest BCUT2D eigenvalue weighted by atomic mass is 16.1. The second-order valence-corrected chi connectivity index (χ2v) is 4.36. The van der Waals surface area contributed by atoms with Gasteiger partial charge in [-0.15, -0.1) is 0 Å². The van der Waals surface area contributed by atoms with Gasteiger partial charge in [-0.3, -0.25) is 9.48 Å². The molecule has 0 N–H and O–H groups in total. The summed E-state index contributed by atoms with van der Waals surface area (Å²) in [5, 5.41) is 5.20. The van der Waals surface area contributed by atoms with Crippen LogP contribution in [0.5, 0.6) is 0 Å². The van der Waals surface area contributed by atoms with Crippen molar-refractivity contribution < 1.29 is 4.79 Å². The van der Waals surface area contributed by atoms with Crippen LogP contribution in [0.4, 0.5) is 0 Å². The highest BCUT2D eigenvalue weighted by Crippen LogP contribution is 2.19. The summed E-state index contributed by atoms with van der Waals surface area (Å²) >= 11 is 0. The standard InChI is InChI=1S/C14H14N4O/c1-3-18-9-8-15-14(18)13(19)12-10-6-4-5-7-11(10)17(2)16-12/h4-9H,3H2,1-2H3. The van der Waals surface area contributed by atoms with Gasteiger partial charge in [0.05, 0.1) is 5.52 Å². The van der Waals surface area contributed by atoms with Crippen molar-refractivity contribution >= 4 is 16.7 Å². The van der Waals surface area contributed by atoms with Gasteiger partial charge in [0.2, 0.25) is 5.78 Å². The Hall–Kier alpha value is -2.43. The Morgan fingerprint density at radius 2 is 2.11 bits per heavy atom. The van der Waals surface area contributed by atoms with E-state index in [9.17, 15) is 4.79 Å². The molecule has 0 unspecified atom stereocenters. The predicted molar refractivity (Wildman–Crippen MR) is 72.0 cm³/mol. The summed E-state index contributed by atoms with van der Waals surface area (Å²) in [6.45, 7) is 2.70. The SMILES string of the molecule is CCn1ccnc1C(=O)c1nn(C)c2ccccc12. The summed E-state index contributed by atoms with van der Waals surface area (Å²) in [7, 11) is 1.84. The van der Waals surface area contributed by atoms with E-state index in [1.807, 2.05) is 42.8 Å². The van der Waals surface area contributed by atoms with E-state index in [1.165, 1.54) is 0 Å². The number of imidazole rings is 1. The topological polar surface area (TPSA) is 52.7 Å². The lowest BCUT2D eigenvalue weighted by molar-refractivity contribution is 0.102. The van der Waals surface area contributed by atoms with E-state index in [2.05, 4.69) is 10.1 Å². The summed E-state index contributed by atoms with van der Waals surface area (Å²) in [5.41, 5.74) is 1.40. The molecule has 5 nitrogen and oxygen atoms in total. The molecule has 2 aromatic heterocycles. The van der Waals surface area contributed by atoms with Gasteiger partial charge in [-0.25, -0.2) is 4.98 Å². The van der Waals surface area contributed by atoms with Gasteiger partial charge in [-0.1, -0.05) is 18.2 Å². The van der Waals surface area contributed by atoms with Crippen LogP contribution in [0.25, 0.3) is 10.9 Å². The lowest BCUT2D eigenvalue weighted by Gasteiger charge is -2.01. The van der Waals surface area contributed by atoms with Gasteiger partial charge < -0.3 is 4.57 Å². The number of benzene rings is 1. The van der Waals surface area contributed by atoms with Gasteiger partial charge in [0, 0.05) is 31.4 Å². The Labute approximate surface area is 110 Å². The van der Waals surface area contributed by atoms with Crippen LogP contribution in [0.1, 0.15) is 23.2 Å². The monoisotopic (exact) mass is 254 g/mol. The second-order valence-electron chi connectivity index (χ2n) is 4.36. The molecular weight excluding hydrogens is 240 g/mol. The Bertz CT molecular complexity index is 754. The fourth-order valence-electron chi connectivity index (χ4n) is 2.26. The second kappa shape index (κ2) is 4.35. The molecule has 0 amide bonds. The number of nitrogens with zero attached hydrogens (tertiary/aromatic N) is 4. The minimum absolute atomic E-state index is 0.136. The maximum atomic E-state index is 12.6. The molecule has 96 valence electrons. The first-order valence-corrected chi connectivity index (χ1v) is 6.20. The third-order valence-electron chi connectivity index (χ3n) is 3.23. The van der Waals surface area contributed by atoms with Crippen molar-refractivity contribution in [1.29, 1.82) is 0 Å². The average molecular weight is 254 g/mol. The minimum Gasteiger partial charge on any atom is -0.328 e. The first kappa shape index (κ1) is 11.6. The van der Waals surface area contributed by atoms with E-state index < -0.39 is 0 Å². The summed E-state index contributed by atoms with van der Waals surface area (Å²) in [4.78, 5) is 16.7. The third-order valence-corrected chi connectivity index (χ3v) is 3.23. The fourth-order valence-corrected chi connectivity index (χ4v) is 2.26. The van der Waals surface area contributed by atoms with Crippen molar-refractivity contribution in [2.24, 2.45) is 7.05 Å². The molecule has 0 atom stereocenters. The van der Waals surface area contributed by atoms with E-state index in [0.717, 1.165) is 10.9 Å². The lowest BCUT2D eigenvalue weighted by atomic mass is 10.1. The number of ketones is 1. The van der Waals surface area contributed by atoms with Crippen LogP contribution in [0.15, 0.2) is 36.7 Å². The molecule has 19 heavy (non-hydrogen) atoms. The summed E-state index contributed by atoms with van der Waals surface area (Å²) in [6, 6.07) is 7.71. The van der Waals surface area contributed by atoms with Crippen molar-refractivity contribution in [3.63, 3.8) is 0 Å². The molecule has 0 aliphatic heterocycles. The Morgan fingerprint density at radius 3 is 2.89 bits per heavy atom. The van der Waals surface area contributed by atoms with Crippen LogP contribution in [0, 0.1) is 0 Å². The van der Waals surface area contributed by atoms with Crippen LogP contribution >= 0.6 is 0 Å². The summed E-state index contributed by atoms with van der Waals surface area (Å²) < 4.78 is 3.55. The Balaban J connectivity index is 2.17. The summed E-state index contributed by atoms with van der Waals surface area (Å²) in [5.74, 6) is 0.301. The largest absolute Gasteiger partial charge is 0.328 e. The van der Waals surface area contributed by atoms with E-state index in [4.69, 9.17) is 0 Å². The highest BCUT2D eigenvalue weighted by molar-refractivity contribution is 6.13. The fraction of sp³-hybridized carbons (Fsp3) is 0.214. The van der Waals surface area contributed by atoms with Crippen LogP contribution < -0.4 is 0 Å². The number of para-hydroxylation sites is 1. The van der Waals surface area contributed by atoms with Crippen molar-refractivity contribution in [2.45, 2.75) is 13.5 Å². The van der Waals surface area contributed by atoms with E-state index >= 15 is 0 Å². The maximum Gasteiger partial charge on any atom is 0.249 e. The number of fused-ring (bicyclic) bond motifs is 1. The van der Waals surface area contributed by atoms with Gasteiger partial charge in [-0.2, -0.15) is 5.10 Å². The Kier molecular flexibility index (Phi) is 2.67. The number of hydrogen-bond acceptors (Lipinski definition) is 3. The quantitative estimate of drug-likeness (QED) is 0.672. The third kappa shape index (κ3) is 1.74. The molecule has 3 aromatic rings. The van der Waals surface area contributed by atoms with Crippen molar-refractivity contribution in [3.05, 3.63) is 48.2 Å². The number of hydrogen-bond donors (Lipinski definition) is 0. The molecule has 0 radical (unpaired) electrons. The molecule has 0 saturated heterocycles. The van der Waals surface area contributed by atoms with Crippen molar-refractivity contribution in [3.8, 4) is 0 Å². The number of rotatable bonds is 3. The molecule has 5 heteroatoms. The number of carbonyl (C=O) groups excluding carboxylic acids is 1. The van der Waals surface area contributed by atoms with E-state index in [0.29, 0.717) is 18.1 Å². The predicted octanol–water partition coefficient (Wildman–Crippen LogP) is 2.02. The lowest BCUT2D eigenvalue weighted by Crippen LogP contribution is -2.11. The Morgan fingerprint density at radius 1 is 1.32 bits per heavy atom. The first-order chi connectivity index (χ1) is 9.22. The van der Waals surface area contributed by atoms with Crippen molar-refractivity contribution in [1.82, 2.24) is 19.3 Å². The molecule has 0 aliphatic rings. The van der Waals surface area contributed by atoms with Gasteiger partial charge in [0.15, 0.2) is 5.82 Å². The van der Waals surface area contributed by atoms with E-state index in [-0.39, 0.29) is 5.78 Å². The number of carbonyl (C=O) groups is 1. The molecule has 0 saturated carbocycles. The molecule has 0 aliphatic carbocycles. The molecule has 3 rings (SSSR count).